The van der Waals surface area contributed by atoms with Crippen LogP contribution in [-0.2, 0) is 27.1 Å². The van der Waals surface area contributed by atoms with E-state index in [1.54, 1.807) is 29.4 Å². The van der Waals surface area contributed by atoms with Gasteiger partial charge >= 0.3 is 6.09 Å². The van der Waals surface area contributed by atoms with Crippen LogP contribution in [0.1, 0.15) is 28.0 Å². The number of rotatable bonds is 6. The van der Waals surface area contributed by atoms with Crippen molar-refractivity contribution in [1.29, 1.82) is 5.26 Å². The Morgan fingerprint density at radius 1 is 1.42 bits per heavy atom. The van der Waals surface area contributed by atoms with Crippen LogP contribution in [0.5, 0.6) is 0 Å². The molecular formula is C22H23N3O4S2. The van der Waals surface area contributed by atoms with Gasteiger partial charge in [-0.2, -0.15) is 16.6 Å². The van der Waals surface area contributed by atoms with Crippen molar-refractivity contribution in [3.8, 4) is 6.07 Å². The lowest BCUT2D eigenvalue weighted by atomic mass is 9.88. The predicted octanol–water partition coefficient (Wildman–Crippen LogP) is 3.91. The zero-order chi connectivity index (χ0) is 21.8. The fraction of sp³-hybridized carbons (Fsp3) is 0.409. The van der Waals surface area contributed by atoms with Crippen LogP contribution in [0, 0.1) is 17.2 Å². The molecule has 0 bridgehead atoms. The fourth-order valence-corrected chi connectivity index (χ4v) is 5.66. The number of likely N-dealkylation sites (tertiary alicyclic amines) is 1. The lowest BCUT2D eigenvalue weighted by molar-refractivity contribution is -0.111. The van der Waals surface area contributed by atoms with Crippen LogP contribution >= 0.6 is 22.7 Å². The van der Waals surface area contributed by atoms with Gasteiger partial charge in [0, 0.05) is 18.1 Å². The van der Waals surface area contributed by atoms with E-state index in [1.165, 1.54) is 17.4 Å². The summed E-state index contributed by atoms with van der Waals surface area (Å²) >= 11 is 3.02. The molecule has 2 aromatic rings. The number of ether oxygens (including phenoxy) is 2. The van der Waals surface area contributed by atoms with Gasteiger partial charge in [0.05, 0.1) is 31.4 Å². The Balaban J connectivity index is 1.34. The molecular weight excluding hydrogens is 434 g/mol. The van der Waals surface area contributed by atoms with Gasteiger partial charge in [0.25, 0.3) is 0 Å². The number of carbonyl (C=O) groups is 2. The number of hydrogen-bond acceptors (Lipinski definition) is 7. The van der Waals surface area contributed by atoms with Gasteiger partial charge in [-0.05, 0) is 59.2 Å². The summed E-state index contributed by atoms with van der Waals surface area (Å²) in [5.74, 6) is -0.0427. The van der Waals surface area contributed by atoms with E-state index in [0.717, 1.165) is 35.3 Å². The first-order valence-electron chi connectivity index (χ1n) is 10.1. The lowest BCUT2D eigenvalue weighted by Crippen LogP contribution is -2.54. The highest BCUT2D eigenvalue weighted by atomic mass is 32.1. The number of carbonyl (C=O) groups excluding carboxylic acids is 2. The van der Waals surface area contributed by atoms with E-state index >= 15 is 0 Å². The van der Waals surface area contributed by atoms with E-state index in [1.807, 2.05) is 16.8 Å². The molecule has 9 heteroatoms. The number of thiophene rings is 2. The van der Waals surface area contributed by atoms with E-state index in [4.69, 9.17) is 9.47 Å². The summed E-state index contributed by atoms with van der Waals surface area (Å²) in [7, 11) is 1.64. The van der Waals surface area contributed by atoms with Crippen LogP contribution in [-0.4, -0.2) is 49.8 Å². The van der Waals surface area contributed by atoms with Crippen molar-refractivity contribution < 1.29 is 19.1 Å². The quantitative estimate of drug-likeness (QED) is 0.664. The highest BCUT2D eigenvalue weighted by molar-refractivity contribution is 7.16. The third-order valence-electron chi connectivity index (χ3n) is 5.57. The average Bonchev–Trinajstić information content (AvgIpc) is 3.36. The normalized spacial score (nSPS) is 18.3. The third kappa shape index (κ3) is 4.98. The Bertz CT molecular complexity index is 1020. The number of methoxy groups -OCH3 is 1. The summed E-state index contributed by atoms with van der Waals surface area (Å²) in [5.41, 5.74) is 2.54. The third-order valence-corrected chi connectivity index (χ3v) is 7.44. The van der Waals surface area contributed by atoms with E-state index in [0.29, 0.717) is 30.3 Å². The Morgan fingerprint density at radius 2 is 2.26 bits per heavy atom. The Hall–Kier alpha value is -2.67. The van der Waals surface area contributed by atoms with Gasteiger partial charge in [0.1, 0.15) is 11.1 Å². The molecule has 1 saturated heterocycles. The standard InChI is InChI=1S/C22H23N3O4S2/c1-28-16-10-25(11-16)22(27)29-12-15-2-4-17-18(9-23)21(31-19(17)8-15)24-20(26)5-3-14-6-7-30-13-14/h3,5-7,13,15-16H,2,4,8,10-12H2,1H3,(H,24,26). The average molecular weight is 458 g/mol. The zero-order valence-electron chi connectivity index (χ0n) is 17.1. The highest BCUT2D eigenvalue weighted by Gasteiger charge is 2.33. The Labute approximate surface area is 188 Å². The van der Waals surface area contributed by atoms with E-state index in [9.17, 15) is 14.9 Å². The minimum Gasteiger partial charge on any atom is -0.449 e. The number of amides is 2. The van der Waals surface area contributed by atoms with E-state index in [-0.39, 0.29) is 24.0 Å². The van der Waals surface area contributed by atoms with Crippen molar-refractivity contribution in [1.82, 2.24) is 4.90 Å². The van der Waals surface area contributed by atoms with Crippen LogP contribution < -0.4 is 5.32 Å². The maximum absolute atomic E-state index is 12.3. The molecule has 0 saturated carbocycles. The van der Waals surface area contributed by atoms with Crippen molar-refractivity contribution in [2.75, 3.05) is 32.1 Å². The Kier molecular flexibility index (Phi) is 6.70. The van der Waals surface area contributed by atoms with Crippen molar-refractivity contribution in [2.45, 2.75) is 25.4 Å². The SMILES string of the molecule is COC1CN(C(=O)OCC2CCc3c(sc(NC(=O)C=Cc4ccsc4)c3C#N)C2)C1. The summed E-state index contributed by atoms with van der Waals surface area (Å²) in [6.45, 7) is 1.51. The van der Waals surface area contributed by atoms with Crippen LogP contribution in [0.25, 0.3) is 6.08 Å². The van der Waals surface area contributed by atoms with Crippen molar-refractivity contribution in [3.63, 3.8) is 0 Å². The topological polar surface area (TPSA) is 91.7 Å². The minimum atomic E-state index is -0.298. The predicted molar refractivity (Wildman–Crippen MR) is 120 cm³/mol. The van der Waals surface area contributed by atoms with E-state index in [2.05, 4.69) is 11.4 Å². The molecule has 7 nitrogen and oxygen atoms in total. The van der Waals surface area contributed by atoms with Gasteiger partial charge in [-0.25, -0.2) is 4.79 Å². The first-order chi connectivity index (χ1) is 15.1. The van der Waals surface area contributed by atoms with Gasteiger partial charge in [-0.3, -0.25) is 4.79 Å². The van der Waals surface area contributed by atoms with Crippen molar-refractivity contribution >= 4 is 45.8 Å². The van der Waals surface area contributed by atoms with Gasteiger partial charge in [-0.1, -0.05) is 0 Å². The second-order valence-electron chi connectivity index (χ2n) is 7.65. The molecule has 0 spiro atoms. The molecule has 1 atom stereocenters. The summed E-state index contributed by atoms with van der Waals surface area (Å²) in [6, 6.07) is 4.19. The smallest absolute Gasteiger partial charge is 0.409 e. The number of hydrogen-bond donors (Lipinski definition) is 1. The van der Waals surface area contributed by atoms with Crippen LogP contribution in [0.15, 0.2) is 22.9 Å². The Morgan fingerprint density at radius 3 is 2.97 bits per heavy atom. The van der Waals surface area contributed by atoms with Gasteiger partial charge in [-0.15, -0.1) is 11.3 Å². The first kappa shape index (κ1) is 21.6. The van der Waals surface area contributed by atoms with Crippen molar-refractivity contribution in [3.05, 3.63) is 44.5 Å². The molecule has 2 aromatic heterocycles. The highest BCUT2D eigenvalue weighted by Crippen LogP contribution is 2.39. The molecule has 2 aliphatic rings. The molecule has 4 rings (SSSR count). The molecule has 1 unspecified atom stereocenters. The summed E-state index contributed by atoms with van der Waals surface area (Å²) in [6.07, 6.45) is 5.37. The van der Waals surface area contributed by atoms with Gasteiger partial charge in [0.15, 0.2) is 0 Å². The monoisotopic (exact) mass is 457 g/mol. The molecule has 3 heterocycles. The number of nitrogens with zero attached hydrogens (tertiary/aromatic N) is 2. The molecule has 31 heavy (non-hydrogen) atoms. The number of anilines is 1. The molecule has 1 fully saturated rings. The van der Waals surface area contributed by atoms with E-state index < -0.39 is 0 Å². The molecule has 0 aromatic carbocycles. The lowest BCUT2D eigenvalue weighted by Gasteiger charge is -2.37. The van der Waals surface area contributed by atoms with Gasteiger partial charge in [0.2, 0.25) is 5.91 Å². The maximum atomic E-state index is 12.3. The number of fused-ring (bicyclic) bond motifs is 1. The fourth-order valence-electron chi connectivity index (χ4n) is 3.71. The second-order valence-corrected chi connectivity index (χ2v) is 9.53. The molecule has 0 radical (unpaired) electrons. The minimum absolute atomic E-state index is 0.106. The van der Waals surface area contributed by atoms with Crippen LogP contribution in [0.3, 0.4) is 0 Å². The van der Waals surface area contributed by atoms with Crippen molar-refractivity contribution in [2.24, 2.45) is 5.92 Å². The molecule has 1 aliphatic heterocycles. The largest absolute Gasteiger partial charge is 0.449 e. The molecule has 1 N–H and O–H groups in total. The number of nitriles is 1. The summed E-state index contributed by atoms with van der Waals surface area (Å²) in [5, 5.41) is 17.0. The first-order valence-corrected chi connectivity index (χ1v) is 11.8. The summed E-state index contributed by atoms with van der Waals surface area (Å²) < 4.78 is 10.7. The number of nitrogens with one attached hydrogen (secondary N) is 1. The maximum Gasteiger partial charge on any atom is 0.409 e. The van der Waals surface area contributed by atoms with Crippen LogP contribution in [0.4, 0.5) is 9.80 Å². The molecule has 2 amide bonds. The van der Waals surface area contributed by atoms with Gasteiger partial charge < -0.3 is 19.7 Å². The molecule has 1 aliphatic carbocycles. The zero-order valence-corrected chi connectivity index (χ0v) is 18.8. The molecule has 162 valence electrons. The summed E-state index contributed by atoms with van der Waals surface area (Å²) in [4.78, 5) is 27.1. The van der Waals surface area contributed by atoms with Crippen LogP contribution in [0.2, 0.25) is 0 Å². The second kappa shape index (κ2) is 9.64.